The first-order valence-corrected chi connectivity index (χ1v) is 8.58. The third-order valence-electron chi connectivity index (χ3n) is 3.49. The molecule has 134 valence electrons. The Morgan fingerprint density at radius 3 is 2.12 bits per heavy atom. The standard InChI is InChI=1S/C20H30O4/c1-15(2)10-12-23-18-8-6-17(7-9-20(21)22-5)14-19(18)24-13-11-16(3)4/h6-9,14-16H,10-13H2,1-5H3/b9-7+. The lowest BCUT2D eigenvalue weighted by Gasteiger charge is -2.15. The van der Waals surface area contributed by atoms with Crippen LogP contribution in [0.4, 0.5) is 0 Å². The van der Waals surface area contributed by atoms with Crippen LogP contribution in [-0.4, -0.2) is 26.3 Å². The van der Waals surface area contributed by atoms with Crippen LogP contribution in [0.2, 0.25) is 0 Å². The summed E-state index contributed by atoms with van der Waals surface area (Å²) in [6, 6.07) is 5.69. The SMILES string of the molecule is COC(=O)/C=C/c1ccc(OCCC(C)C)c(OCCC(C)C)c1. The number of benzene rings is 1. The maximum absolute atomic E-state index is 11.2. The summed E-state index contributed by atoms with van der Waals surface area (Å²) in [6.07, 6.45) is 5.08. The Labute approximate surface area is 145 Å². The summed E-state index contributed by atoms with van der Waals surface area (Å²) in [4.78, 5) is 11.2. The van der Waals surface area contributed by atoms with Crippen molar-refractivity contribution in [1.82, 2.24) is 0 Å². The van der Waals surface area contributed by atoms with Gasteiger partial charge in [-0.15, -0.1) is 0 Å². The van der Waals surface area contributed by atoms with E-state index in [2.05, 4.69) is 32.4 Å². The fourth-order valence-corrected chi connectivity index (χ4v) is 1.90. The van der Waals surface area contributed by atoms with E-state index in [-0.39, 0.29) is 5.97 Å². The zero-order valence-electron chi connectivity index (χ0n) is 15.5. The van der Waals surface area contributed by atoms with Gasteiger partial charge in [-0.1, -0.05) is 33.8 Å². The second-order valence-electron chi connectivity index (χ2n) is 6.62. The summed E-state index contributed by atoms with van der Waals surface area (Å²) in [5.41, 5.74) is 0.871. The second kappa shape index (κ2) is 10.7. The number of carbonyl (C=O) groups excluding carboxylic acids is 1. The van der Waals surface area contributed by atoms with Crippen molar-refractivity contribution in [3.05, 3.63) is 29.8 Å². The van der Waals surface area contributed by atoms with Crippen LogP contribution in [0.15, 0.2) is 24.3 Å². The van der Waals surface area contributed by atoms with E-state index in [1.165, 1.54) is 13.2 Å². The fourth-order valence-electron chi connectivity index (χ4n) is 1.90. The van der Waals surface area contributed by atoms with Gasteiger partial charge in [0.2, 0.25) is 0 Å². The van der Waals surface area contributed by atoms with E-state index in [0.29, 0.717) is 30.8 Å². The van der Waals surface area contributed by atoms with Crippen molar-refractivity contribution in [2.75, 3.05) is 20.3 Å². The largest absolute Gasteiger partial charge is 0.490 e. The number of rotatable bonds is 10. The van der Waals surface area contributed by atoms with Gasteiger partial charge < -0.3 is 14.2 Å². The van der Waals surface area contributed by atoms with E-state index in [4.69, 9.17) is 9.47 Å². The normalized spacial score (nSPS) is 11.3. The minimum Gasteiger partial charge on any atom is -0.490 e. The molecule has 0 amide bonds. The molecule has 0 radical (unpaired) electrons. The average molecular weight is 334 g/mol. The molecule has 0 bridgehead atoms. The average Bonchev–Trinajstić information content (AvgIpc) is 2.53. The third kappa shape index (κ3) is 8.04. The van der Waals surface area contributed by atoms with E-state index in [9.17, 15) is 4.79 Å². The highest BCUT2D eigenvalue weighted by molar-refractivity contribution is 5.87. The van der Waals surface area contributed by atoms with Crippen LogP contribution in [0, 0.1) is 11.8 Å². The van der Waals surface area contributed by atoms with Crippen LogP contribution in [0.5, 0.6) is 11.5 Å². The number of hydrogen-bond acceptors (Lipinski definition) is 4. The van der Waals surface area contributed by atoms with Gasteiger partial charge in [0.15, 0.2) is 11.5 Å². The summed E-state index contributed by atoms with van der Waals surface area (Å²) in [6.45, 7) is 9.98. The number of ether oxygens (including phenoxy) is 3. The molecule has 0 fully saturated rings. The van der Waals surface area contributed by atoms with E-state index < -0.39 is 0 Å². The van der Waals surface area contributed by atoms with E-state index in [1.807, 2.05) is 18.2 Å². The summed E-state index contributed by atoms with van der Waals surface area (Å²) < 4.78 is 16.4. The fraction of sp³-hybridized carbons (Fsp3) is 0.550. The van der Waals surface area contributed by atoms with Crippen molar-refractivity contribution in [3.8, 4) is 11.5 Å². The van der Waals surface area contributed by atoms with Gasteiger partial charge in [0.25, 0.3) is 0 Å². The van der Waals surface area contributed by atoms with Gasteiger partial charge in [0.1, 0.15) is 0 Å². The quantitative estimate of drug-likeness (QED) is 0.459. The Hall–Kier alpha value is -1.97. The Morgan fingerprint density at radius 1 is 1.00 bits per heavy atom. The minimum atomic E-state index is -0.380. The molecule has 1 rings (SSSR count). The molecule has 0 N–H and O–H groups in total. The zero-order valence-corrected chi connectivity index (χ0v) is 15.5. The third-order valence-corrected chi connectivity index (χ3v) is 3.49. The molecule has 1 aromatic carbocycles. The van der Waals surface area contributed by atoms with Gasteiger partial charge in [-0.25, -0.2) is 4.79 Å². The van der Waals surface area contributed by atoms with Crippen molar-refractivity contribution in [1.29, 1.82) is 0 Å². The molecule has 0 spiro atoms. The van der Waals surface area contributed by atoms with Crippen molar-refractivity contribution in [3.63, 3.8) is 0 Å². The van der Waals surface area contributed by atoms with Gasteiger partial charge >= 0.3 is 5.97 Å². The molecular weight excluding hydrogens is 304 g/mol. The van der Waals surface area contributed by atoms with E-state index >= 15 is 0 Å². The number of hydrogen-bond donors (Lipinski definition) is 0. The molecule has 0 aliphatic heterocycles. The van der Waals surface area contributed by atoms with Gasteiger partial charge in [0, 0.05) is 6.08 Å². The summed E-state index contributed by atoms with van der Waals surface area (Å²) >= 11 is 0. The smallest absolute Gasteiger partial charge is 0.330 e. The molecule has 0 saturated heterocycles. The zero-order chi connectivity index (χ0) is 17.9. The predicted molar refractivity (Wildman–Crippen MR) is 97.4 cm³/mol. The Kier molecular flexibility index (Phi) is 8.98. The first-order chi connectivity index (χ1) is 11.4. The van der Waals surface area contributed by atoms with Crippen molar-refractivity contribution in [2.45, 2.75) is 40.5 Å². The van der Waals surface area contributed by atoms with Crippen LogP contribution in [0.3, 0.4) is 0 Å². The Balaban J connectivity index is 2.83. The number of esters is 1. The first-order valence-electron chi connectivity index (χ1n) is 8.58. The van der Waals surface area contributed by atoms with Crippen molar-refractivity contribution in [2.24, 2.45) is 11.8 Å². The van der Waals surface area contributed by atoms with Crippen LogP contribution < -0.4 is 9.47 Å². The first kappa shape index (κ1) is 20.1. The van der Waals surface area contributed by atoms with Crippen molar-refractivity contribution < 1.29 is 19.0 Å². The monoisotopic (exact) mass is 334 g/mol. The summed E-state index contributed by atoms with van der Waals surface area (Å²) in [5.74, 6) is 2.26. The second-order valence-corrected chi connectivity index (χ2v) is 6.62. The lowest BCUT2D eigenvalue weighted by molar-refractivity contribution is -0.134. The Morgan fingerprint density at radius 2 is 1.58 bits per heavy atom. The number of methoxy groups -OCH3 is 1. The molecule has 0 aromatic heterocycles. The molecule has 4 heteroatoms. The molecule has 24 heavy (non-hydrogen) atoms. The highest BCUT2D eigenvalue weighted by Crippen LogP contribution is 2.29. The molecule has 4 nitrogen and oxygen atoms in total. The lowest BCUT2D eigenvalue weighted by Crippen LogP contribution is -2.06. The van der Waals surface area contributed by atoms with Crippen LogP contribution in [-0.2, 0) is 9.53 Å². The van der Waals surface area contributed by atoms with Gasteiger partial charge in [-0.2, -0.15) is 0 Å². The molecular formula is C20H30O4. The van der Waals surface area contributed by atoms with Gasteiger partial charge in [-0.05, 0) is 48.4 Å². The summed E-state index contributed by atoms with van der Waals surface area (Å²) in [5, 5.41) is 0. The molecule has 0 unspecified atom stereocenters. The molecule has 0 aliphatic carbocycles. The minimum absolute atomic E-state index is 0.380. The molecule has 0 atom stereocenters. The molecule has 0 saturated carbocycles. The maximum atomic E-state index is 11.2. The van der Waals surface area contributed by atoms with Crippen LogP contribution in [0.1, 0.15) is 46.1 Å². The predicted octanol–water partition coefficient (Wildman–Crippen LogP) is 4.72. The van der Waals surface area contributed by atoms with Crippen LogP contribution in [0.25, 0.3) is 6.08 Å². The van der Waals surface area contributed by atoms with E-state index in [1.54, 1.807) is 6.08 Å². The topological polar surface area (TPSA) is 44.8 Å². The summed E-state index contributed by atoms with van der Waals surface area (Å²) in [7, 11) is 1.36. The number of carbonyl (C=O) groups is 1. The highest BCUT2D eigenvalue weighted by atomic mass is 16.5. The van der Waals surface area contributed by atoms with E-state index in [0.717, 1.165) is 24.2 Å². The molecule has 0 aliphatic rings. The van der Waals surface area contributed by atoms with Gasteiger partial charge in [0.05, 0.1) is 20.3 Å². The lowest BCUT2D eigenvalue weighted by atomic mass is 10.1. The molecule has 1 aromatic rings. The van der Waals surface area contributed by atoms with Crippen molar-refractivity contribution >= 4 is 12.0 Å². The maximum Gasteiger partial charge on any atom is 0.330 e. The highest BCUT2D eigenvalue weighted by Gasteiger charge is 2.08. The van der Waals surface area contributed by atoms with Crippen LogP contribution >= 0.6 is 0 Å². The molecule has 0 heterocycles. The Bertz CT molecular complexity index is 532. The van der Waals surface area contributed by atoms with Gasteiger partial charge in [-0.3, -0.25) is 0 Å².